The van der Waals surface area contributed by atoms with Crippen molar-refractivity contribution in [1.29, 1.82) is 0 Å². The summed E-state index contributed by atoms with van der Waals surface area (Å²) in [6.45, 7) is 7.20. The van der Waals surface area contributed by atoms with Crippen molar-refractivity contribution in [2.45, 2.75) is 26.3 Å². The molecular weight excluding hydrogens is 240 g/mol. The summed E-state index contributed by atoms with van der Waals surface area (Å²) < 4.78 is 0. The van der Waals surface area contributed by atoms with Crippen molar-refractivity contribution in [2.75, 3.05) is 19.6 Å². The number of aromatic amines is 2. The summed E-state index contributed by atoms with van der Waals surface area (Å²) in [4.78, 5) is 16.7. The Morgan fingerprint density at radius 2 is 1.89 bits per heavy atom. The Morgan fingerprint density at radius 1 is 1.11 bits per heavy atom. The minimum Gasteiger partial charge on any atom is -0.315 e. The van der Waals surface area contributed by atoms with Crippen molar-refractivity contribution in [3.05, 3.63) is 34.2 Å². The maximum absolute atomic E-state index is 11.2. The third-order valence-electron chi connectivity index (χ3n) is 3.03. The Balaban J connectivity index is 1.77. The average molecular weight is 262 g/mol. The lowest BCUT2D eigenvalue weighted by molar-refractivity contribution is 0.556. The summed E-state index contributed by atoms with van der Waals surface area (Å²) in [5.74, 6) is 0. The Bertz CT molecular complexity index is 570. The molecule has 0 spiro atoms. The summed E-state index contributed by atoms with van der Waals surface area (Å²) in [5.41, 5.74) is 2.82. The van der Waals surface area contributed by atoms with Crippen molar-refractivity contribution in [2.24, 2.45) is 0 Å². The van der Waals surface area contributed by atoms with Gasteiger partial charge in [0.05, 0.1) is 11.0 Å². The van der Waals surface area contributed by atoms with Gasteiger partial charge >= 0.3 is 5.69 Å². The zero-order chi connectivity index (χ0) is 13.7. The quantitative estimate of drug-likeness (QED) is 0.562. The topological polar surface area (TPSA) is 72.7 Å². The molecule has 0 aliphatic carbocycles. The van der Waals surface area contributed by atoms with Crippen molar-refractivity contribution >= 4 is 11.0 Å². The normalized spacial score (nSPS) is 11.5. The van der Waals surface area contributed by atoms with Gasteiger partial charge in [0, 0.05) is 19.1 Å². The van der Waals surface area contributed by atoms with E-state index in [2.05, 4.69) is 40.5 Å². The smallest absolute Gasteiger partial charge is 0.315 e. The van der Waals surface area contributed by atoms with Crippen molar-refractivity contribution in [3.8, 4) is 0 Å². The van der Waals surface area contributed by atoms with Crippen LogP contribution in [0.25, 0.3) is 11.0 Å². The minimum atomic E-state index is -0.148. The molecule has 0 saturated heterocycles. The predicted molar refractivity (Wildman–Crippen MR) is 78.6 cm³/mol. The summed E-state index contributed by atoms with van der Waals surface area (Å²) in [5, 5.41) is 6.76. The Labute approximate surface area is 112 Å². The van der Waals surface area contributed by atoms with Gasteiger partial charge in [0.25, 0.3) is 0 Å². The first-order valence-corrected chi connectivity index (χ1v) is 6.80. The molecule has 19 heavy (non-hydrogen) atoms. The molecule has 0 atom stereocenters. The van der Waals surface area contributed by atoms with Crippen LogP contribution in [-0.4, -0.2) is 35.6 Å². The van der Waals surface area contributed by atoms with Crippen LogP contribution in [-0.2, 0) is 6.42 Å². The van der Waals surface area contributed by atoms with E-state index in [1.807, 2.05) is 12.1 Å². The second kappa shape index (κ2) is 6.54. The van der Waals surface area contributed by atoms with E-state index in [9.17, 15) is 4.79 Å². The zero-order valence-electron chi connectivity index (χ0n) is 11.5. The highest BCUT2D eigenvalue weighted by Gasteiger charge is 1.99. The summed E-state index contributed by atoms with van der Waals surface area (Å²) in [7, 11) is 0. The fourth-order valence-corrected chi connectivity index (χ4v) is 2.04. The van der Waals surface area contributed by atoms with E-state index in [0.29, 0.717) is 6.04 Å². The molecule has 1 aromatic carbocycles. The number of hydrogen-bond donors (Lipinski definition) is 4. The number of rotatable bonds is 7. The van der Waals surface area contributed by atoms with Gasteiger partial charge in [0.1, 0.15) is 0 Å². The fraction of sp³-hybridized carbons (Fsp3) is 0.500. The van der Waals surface area contributed by atoms with Gasteiger partial charge < -0.3 is 20.6 Å². The molecule has 2 rings (SSSR count). The van der Waals surface area contributed by atoms with Crippen LogP contribution in [0.15, 0.2) is 23.0 Å². The Hall–Kier alpha value is -1.59. The van der Waals surface area contributed by atoms with Crippen LogP contribution in [0.2, 0.25) is 0 Å². The molecule has 0 unspecified atom stereocenters. The molecule has 0 aliphatic rings. The highest BCUT2D eigenvalue weighted by atomic mass is 16.1. The van der Waals surface area contributed by atoms with Gasteiger partial charge in [-0.05, 0) is 30.7 Å². The highest BCUT2D eigenvalue weighted by molar-refractivity contribution is 5.74. The predicted octanol–water partition coefficient (Wildman–Crippen LogP) is 0.986. The lowest BCUT2D eigenvalue weighted by Gasteiger charge is -2.09. The minimum absolute atomic E-state index is 0.148. The molecule has 1 heterocycles. The third-order valence-corrected chi connectivity index (χ3v) is 3.03. The van der Waals surface area contributed by atoms with E-state index in [-0.39, 0.29) is 5.69 Å². The number of aromatic nitrogens is 2. The molecule has 5 heteroatoms. The molecule has 104 valence electrons. The number of imidazole rings is 1. The van der Waals surface area contributed by atoms with Gasteiger partial charge in [-0.25, -0.2) is 4.79 Å². The molecule has 0 saturated carbocycles. The molecule has 0 fully saturated rings. The zero-order valence-corrected chi connectivity index (χ0v) is 11.5. The van der Waals surface area contributed by atoms with E-state index in [1.54, 1.807) is 0 Å². The fourth-order valence-electron chi connectivity index (χ4n) is 2.04. The van der Waals surface area contributed by atoms with Gasteiger partial charge in [0.2, 0.25) is 0 Å². The average Bonchev–Trinajstić information content (AvgIpc) is 2.72. The standard InChI is InChI=1S/C14H22N4O/c1-10(2)16-8-7-15-6-5-11-3-4-12-13(9-11)18-14(19)17-12/h3-4,9-10,15-16H,5-8H2,1-2H3,(H2,17,18,19). The SMILES string of the molecule is CC(C)NCCNCCc1ccc2[nH]c(=O)[nH]c2c1. The molecule has 5 nitrogen and oxygen atoms in total. The summed E-state index contributed by atoms with van der Waals surface area (Å²) in [6.07, 6.45) is 0.963. The van der Waals surface area contributed by atoms with E-state index in [4.69, 9.17) is 0 Å². The Morgan fingerprint density at radius 3 is 2.68 bits per heavy atom. The van der Waals surface area contributed by atoms with Crippen LogP contribution in [0.1, 0.15) is 19.4 Å². The molecule has 0 radical (unpaired) electrons. The van der Waals surface area contributed by atoms with Crippen molar-refractivity contribution in [1.82, 2.24) is 20.6 Å². The molecule has 0 bridgehead atoms. The van der Waals surface area contributed by atoms with E-state index >= 15 is 0 Å². The molecule has 0 amide bonds. The summed E-state index contributed by atoms with van der Waals surface area (Å²) in [6, 6.07) is 6.57. The van der Waals surface area contributed by atoms with Crippen LogP contribution in [0.4, 0.5) is 0 Å². The van der Waals surface area contributed by atoms with E-state index < -0.39 is 0 Å². The van der Waals surface area contributed by atoms with Crippen LogP contribution in [0.3, 0.4) is 0 Å². The lowest BCUT2D eigenvalue weighted by atomic mass is 10.1. The molecular formula is C14H22N4O. The van der Waals surface area contributed by atoms with E-state index in [0.717, 1.165) is 37.1 Å². The second-order valence-electron chi connectivity index (χ2n) is 5.07. The number of hydrogen-bond acceptors (Lipinski definition) is 3. The molecule has 2 aromatic rings. The van der Waals surface area contributed by atoms with Gasteiger partial charge in [-0.3, -0.25) is 0 Å². The lowest BCUT2D eigenvalue weighted by Crippen LogP contribution is -2.32. The van der Waals surface area contributed by atoms with Crippen molar-refractivity contribution in [3.63, 3.8) is 0 Å². The second-order valence-corrected chi connectivity index (χ2v) is 5.07. The first-order valence-electron chi connectivity index (χ1n) is 6.80. The molecule has 4 N–H and O–H groups in total. The molecule has 1 aromatic heterocycles. The largest absolute Gasteiger partial charge is 0.323 e. The maximum Gasteiger partial charge on any atom is 0.323 e. The van der Waals surface area contributed by atoms with Crippen molar-refractivity contribution < 1.29 is 0 Å². The summed E-state index contributed by atoms with van der Waals surface area (Å²) >= 11 is 0. The molecule has 0 aliphatic heterocycles. The van der Waals surface area contributed by atoms with Gasteiger partial charge in [-0.2, -0.15) is 0 Å². The maximum atomic E-state index is 11.2. The number of H-pyrrole nitrogens is 2. The van der Waals surface area contributed by atoms with Gasteiger partial charge in [-0.15, -0.1) is 0 Å². The number of nitrogens with one attached hydrogen (secondary N) is 4. The number of benzene rings is 1. The van der Waals surface area contributed by atoms with Gasteiger partial charge in [0.15, 0.2) is 0 Å². The highest BCUT2D eigenvalue weighted by Crippen LogP contribution is 2.10. The van der Waals surface area contributed by atoms with Crippen LogP contribution >= 0.6 is 0 Å². The van der Waals surface area contributed by atoms with Crippen LogP contribution < -0.4 is 16.3 Å². The number of fused-ring (bicyclic) bond motifs is 1. The van der Waals surface area contributed by atoms with Gasteiger partial charge in [-0.1, -0.05) is 19.9 Å². The Kier molecular flexibility index (Phi) is 4.76. The monoisotopic (exact) mass is 262 g/mol. The van der Waals surface area contributed by atoms with E-state index in [1.165, 1.54) is 5.56 Å². The first kappa shape index (κ1) is 13.8. The third kappa shape index (κ3) is 4.22. The first-order chi connectivity index (χ1) is 9.15. The van der Waals surface area contributed by atoms with Crippen LogP contribution in [0, 0.1) is 0 Å². The van der Waals surface area contributed by atoms with Crippen LogP contribution in [0.5, 0.6) is 0 Å².